The van der Waals surface area contributed by atoms with Gasteiger partial charge < -0.3 is 5.32 Å². The van der Waals surface area contributed by atoms with Crippen molar-refractivity contribution in [2.45, 2.75) is 39.2 Å². The highest BCUT2D eigenvalue weighted by Gasteiger charge is 2.30. The molecule has 0 heterocycles. The number of halogens is 2. The maximum Gasteiger partial charge on any atom is 0.0449 e. The van der Waals surface area contributed by atoms with Crippen LogP contribution in [0.15, 0.2) is 22.7 Å². The first kappa shape index (κ1) is 14.4. The van der Waals surface area contributed by atoms with Crippen LogP contribution in [0.2, 0.25) is 5.02 Å². The third-order valence-electron chi connectivity index (χ3n) is 3.86. The van der Waals surface area contributed by atoms with Crippen molar-refractivity contribution in [3.05, 3.63) is 33.3 Å². The fourth-order valence-corrected chi connectivity index (χ4v) is 3.28. The molecule has 3 heteroatoms. The van der Waals surface area contributed by atoms with E-state index in [9.17, 15) is 0 Å². The van der Waals surface area contributed by atoms with Gasteiger partial charge in [0.1, 0.15) is 0 Å². The lowest BCUT2D eigenvalue weighted by Gasteiger charge is -2.37. The molecule has 1 saturated carbocycles. The summed E-state index contributed by atoms with van der Waals surface area (Å²) in [6.07, 6.45) is 3.83. The van der Waals surface area contributed by atoms with Crippen LogP contribution in [0, 0.1) is 11.8 Å². The van der Waals surface area contributed by atoms with Crippen molar-refractivity contribution in [3.63, 3.8) is 0 Å². The first-order valence-corrected chi connectivity index (χ1v) is 7.90. The molecular weight excluding hydrogens is 310 g/mol. The molecule has 0 aromatic heterocycles. The summed E-state index contributed by atoms with van der Waals surface area (Å²) >= 11 is 9.74. The molecule has 2 unspecified atom stereocenters. The molecule has 1 aliphatic rings. The minimum absolute atomic E-state index is 0.586. The van der Waals surface area contributed by atoms with Crippen molar-refractivity contribution >= 4 is 27.5 Å². The Hall–Kier alpha value is -0.0500. The van der Waals surface area contributed by atoms with E-state index < -0.39 is 0 Å². The predicted octanol–water partition coefficient (Wildman–Crippen LogP) is 4.67. The van der Waals surface area contributed by atoms with Crippen LogP contribution in [-0.4, -0.2) is 12.6 Å². The van der Waals surface area contributed by atoms with E-state index in [2.05, 4.69) is 47.2 Å². The van der Waals surface area contributed by atoms with Crippen LogP contribution < -0.4 is 5.32 Å². The second-order valence-electron chi connectivity index (χ2n) is 5.60. The monoisotopic (exact) mass is 329 g/mol. The maximum atomic E-state index is 6.28. The van der Waals surface area contributed by atoms with Crippen LogP contribution in [0.3, 0.4) is 0 Å². The molecule has 2 atom stereocenters. The van der Waals surface area contributed by atoms with Crippen LogP contribution >= 0.6 is 27.5 Å². The van der Waals surface area contributed by atoms with Crippen LogP contribution in [0.4, 0.5) is 0 Å². The second kappa shape index (κ2) is 6.40. The fourth-order valence-electron chi connectivity index (χ4n) is 2.53. The Morgan fingerprint density at radius 3 is 2.61 bits per heavy atom. The Balaban J connectivity index is 1.89. The van der Waals surface area contributed by atoms with Gasteiger partial charge in [0.25, 0.3) is 0 Å². The van der Waals surface area contributed by atoms with Crippen molar-refractivity contribution in [1.82, 2.24) is 5.32 Å². The van der Waals surface area contributed by atoms with Crippen LogP contribution in [-0.2, 0) is 6.42 Å². The molecule has 0 bridgehead atoms. The minimum atomic E-state index is 0.586. The average Bonchev–Trinajstić information content (AvgIpc) is 2.26. The molecule has 1 aromatic carbocycles. The molecule has 1 aromatic rings. The summed E-state index contributed by atoms with van der Waals surface area (Å²) in [4.78, 5) is 0. The summed E-state index contributed by atoms with van der Waals surface area (Å²) in [6.45, 7) is 5.56. The van der Waals surface area contributed by atoms with Gasteiger partial charge in [-0.1, -0.05) is 47.4 Å². The van der Waals surface area contributed by atoms with Gasteiger partial charge in [-0.15, -0.1) is 0 Å². The Kier molecular flexibility index (Phi) is 5.11. The van der Waals surface area contributed by atoms with E-state index in [1.54, 1.807) is 0 Å². The zero-order valence-corrected chi connectivity index (χ0v) is 13.4. The highest BCUT2D eigenvalue weighted by Crippen LogP contribution is 2.38. The SMILES string of the molecule is CC(C)NCC1CCC1Cc1ccc(Br)cc1Cl. The zero-order chi connectivity index (χ0) is 13.1. The van der Waals surface area contributed by atoms with Crippen molar-refractivity contribution in [2.24, 2.45) is 11.8 Å². The zero-order valence-electron chi connectivity index (χ0n) is 11.0. The number of rotatable bonds is 5. The number of hydrogen-bond acceptors (Lipinski definition) is 1. The topological polar surface area (TPSA) is 12.0 Å². The molecule has 0 spiro atoms. The van der Waals surface area contributed by atoms with Crippen molar-refractivity contribution in [1.29, 1.82) is 0 Å². The summed E-state index contributed by atoms with van der Waals surface area (Å²) in [7, 11) is 0. The van der Waals surface area contributed by atoms with Gasteiger partial charge in [0.15, 0.2) is 0 Å². The largest absolute Gasteiger partial charge is 0.314 e. The van der Waals surface area contributed by atoms with Gasteiger partial charge in [0.2, 0.25) is 0 Å². The highest BCUT2D eigenvalue weighted by atomic mass is 79.9. The van der Waals surface area contributed by atoms with E-state index >= 15 is 0 Å². The lowest BCUT2D eigenvalue weighted by molar-refractivity contribution is 0.168. The molecule has 1 N–H and O–H groups in total. The molecular formula is C15H21BrClN. The fraction of sp³-hybridized carbons (Fsp3) is 0.600. The standard InChI is InChI=1S/C15H21BrClN/c1-10(2)18-9-13-4-3-11(13)7-12-5-6-14(16)8-15(12)17/h5-6,8,10-11,13,18H,3-4,7,9H2,1-2H3. The molecule has 0 amide bonds. The molecule has 100 valence electrons. The van der Waals surface area contributed by atoms with Gasteiger partial charge in [-0.05, 0) is 55.3 Å². The van der Waals surface area contributed by atoms with Gasteiger partial charge in [-0.3, -0.25) is 0 Å². The maximum absolute atomic E-state index is 6.28. The van der Waals surface area contributed by atoms with Gasteiger partial charge in [0.05, 0.1) is 0 Å². The normalized spacial score (nSPS) is 23.2. The smallest absolute Gasteiger partial charge is 0.0449 e. The van der Waals surface area contributed by atoms with Gasteiger partial charge >= 0.3 is 0 Å². The van der Waals surface area contributed by atoms with Crippen molar-refractivity contribution in [2.75, 3.05) is 6.54 Å². The van der Waals surface area contributed by atoms with Crippen molar-refractivity contribution in [3.8, 4) is 0 Å². The second-order valence-corrected chi connectivity index (χ2v) is 6.92. The first-order valence-electron chi connectivity index (χ1n) is 6.73. The average molecular weight is 331 g/mol. The first-order chi connectivity index (χ1) is 8.56. The van der Waals surface area contributed by atoms with E-state index in [4.69, 9.17) is 11.6 Å². The van der Waals surface area contributed by atoms with E-state index in [1.165, 1.54) is 18.4 Å². The van der Waals surface area contributed by atoms with Crippen molar-refractivity contribution < 1.29 is 0 Å². The van der Waals surface area contributed by atoms with Crippen LogP contribution in [0.1, 0.15) is 32.3 Å². The molecule has 1 aliphatic carbocycles. The van der Waals surface area contributed by atoms with Gasteiger partial charge in [-0.2, -0.15) is 0 Å². The summed E-state index contributed by atoms with van der Waals surface area (Å²) in [5.74, 6) is 1.63. The number of benzene rings is 1. The summed E-state index contributed by atoms with van der Waals surface area (Å²) in [5.41, 5.74) is 1.29. The van der Waals surface area contributed by atoms with E-state index in [1.807, 2.05) is 6.07 Å². The van der Waals surface area contributed by atoms with Gasteiger partial charge in [-0.25, -0.2) is 0 Å². The van der Waals surface area contributed by atoms with Crippen LogP contribution in [0.25, 0.3) is 0 Å². The molecule has 0 saturated heterocycles. The van der Waals surface area contributed by atoms with Gasteiger partial charge in [0, 0.05) is 15.5 Å². The molecule has 18 heavy (non-hydrogen) atoms. The Bertz CT molecular complexity index is 405. The third-order valence-corrected chi connectivity index (χ3v) is 4.71. The molecule has 0 aliphatic heterocycles. The quantitative estimate of drug-likeness (QED) is 0.827. The Morgan fingerprint density at radius 1 is 1.33 bits per heavy atom. The molecule has 0 radical (unpaired) electrons. The third kappa shape index (κ3) is 3.72. The summed E-state index contributed by atoms with van der Waals surface area (Å²) in [6, 6.07) is 6.82. The van der Waals surface area contributed by atoms with E-state index in [0.29, 0.717) is 6.04 Å². The lowest BCUT2D eigenvalue weighted by Crippen LogP contribution is -2.38. The lowest BCUT2D eigenvalue weighted by atomic mass is 9.70. The minimum Gasteiger partial charge on any atom is -0.314 e. The molecule has 2 rings (SSSR count). The predicted molar refractivity (Wildman–Crippen MR) is 82.2 cm³/mol. The summed E-state index contributed by atoms with van der Waals surface area (Å²) < 4.78 is 1.06. The summed E-state index contributed by atoms with van der Waals surface area (Å²) in [5, 5.41) is 4.44. The number of hydrogen-bond donors (Lipinski definition) is 1. The van der Waals surface area contributed by atoms with Crippen LogP contribution in [0.5, 0.6) is 0 Å². The molecule has 1 nitrogen and oxygen atoms in total. The van der Waals surface area contributed by atoms with E-state index in [0.717, 1.165) is 34.3 Å². The number of nitrogens with one attached hydrogen (secondary N) is 1. The Morgan fingerprint density at radius 2 is 2.06 bits per heavy atom. The van der Waals surface area contributed by atoms with E-state index in [-0.39, 0.29) is 0 Å². The molecule has 1 fully saturated rings. The highest BCUT2D eigenvalue weighted by molar-refractivity contribution is 9.10. The Labute approximate surface area is 123 Å².